The van der Waals surface area contributed by atoms with Crippen molar-refractivity contribution in [2.45, 2.75) is 71.4 Å². The summed E-state index contributed by atoms with van der Waals surface area (Å²) >= 11 is 0. The maximum atomic E-state index is 14.1. The van der Waals surface area contributed by atoms with E-state index in [4.69, 9.17) is 4.98 Å². The Bertz CT molecular complexity index is 1340. The van der Waals surface area contributed by atoms with Crippen LogP contribution in [0, 0.1) is 0 Å². The number of aromatic nitrogens is 2. The van der Waals surface area contributed by atoms with Gasteiger partial charge in [-0.1, -0.05) is 98.6 Å². The lowest BCUT2D eigenvalue weighted by molar-refractivity contribution is 0.0926. The number of fused-ring (bicyclic) bond motifs is 1. The van der Waals surface area contributed by atoms with Crippen molar-refractivity contribution in [2.75, 3.05) is 0 Å². The van der Waals surface area contributed by atoms with E-state index in [1.165, 1.54) is 29.5 Å². The van der Waals surface area contributed by atoms with E-state index in [1.54, 1.807) is 0 Å². The standard InChI is InChI=1S/C33H37N3O/c1-3-5-13-24-20-22-26(23-21-24)30-31(36(4-2)32(35-30)27-16-7-6-8-17-27)33(37)34-29-19-12-10-15-25-14-9-11-18-28(25)29/h6-9,11,14,16-18,20-23,29H,3-5,10,12-13,15,19H2,1-2H3,(H,34,37). The minimum Gasteiger partial charge on any atom is -0.344 e. The van der Waals surface area contributed by atoms with Crippen LogP contribution in [0.3, 0.4) is 0 Å². The van der Waals surface area contributed by atoms with Crippen molar-refractivity contribution in [3.8, 4) is 22.6 Å². The molecule has 1 aliphatic carbocycles. The van der Waals surface area contributed by atoms with Crippen molar-refractivity contribution in [3.05, 3.63) is 101 Å². The fraction of sp³-hybridized carbons (Fsp3) is 0.333. The number of unbranched alkanes of at least 4 members (excludes halogenated alkanes) is 1. The average Bonchev–Trinajstić information content (AvgIpc) is 3.23. The molecule has 4 heteroatoms. The van der Waals surface area contributed by atoms with Crippen molar-refractivity contribution in [1.29, 1.82) is 0 Å². The van der Waals surface area contributed by atoms with E-state index in [2.05, 4.69) is 84.4 Å². The number of nitrogens with one attached hydrogen (secondary N) is 1. The third kappa shape index (κ3) is 5.39. The number of carbonyl (C=O) groups excluding carboxylic acids is 1. The molecule has 0 fully saturated rings. The maximum absolute atomic E-state index is 14.1. The van der Waals surface area contributed by atoms with Crippen LogP contribution in [0.5, 0.6) is 0 Å². The molecule has 0 saturated carbocycles. The van der Waals surface area contributed by atoms with E-state index >= 15 is 0 Å². The van der Waals surface area contributed by atoms with Gasteiger partial charge in [-0.05, 0) is 55.7 Å². The monoisotopic (exact) mass is 491 g/mol. The van der Waals surface area contributed by atoms with Gasteiger partial charge in [0.05, 0.1) is 6.04 Å². The molecule has 1 heterocycles. The second kappa shape index (κ2) is 11.6. The second-order valence-corrected chi connectivity index (χ2v) is 10.0. The van der Waals surface area contributed by atoms with Crippen LogP contribution in [0.15, 0.2) is 78.9 Å². The Balaban J connectivity index is 1.56. The van der Waals surface area contributed by atoms with Gasteiger partial charge in [0.1, 0.15) is 17.2 Å². The minimum absolute atomic E-state index is 0.0100. The molecular weight excluding hydrogens is 454 g/mol. The average molecular weight is 492 g/mol. The molecule has 0 saturated heterocycles. The Labute approximate surface area is 220 Å². The van der Waals surface area contributed by atoms with Crippen LogP contribution in [-0.4, -0.2) is 15.5 Å². The van der Waals surface area contributed by atoms with Crippen LogP contribution < -0.4 is 5.32 Å². The number of benzene rings is 3. The van der Waals surface area contributed by atoms with Gasteiger partial charge in [-0.15, -0.1) is 0 Å². The van der Waals surface area contributed by atoms with E-state index in [1.807, 2.05) is 18.2 Å². The molecule has 4 nitrogen and oxygen atoms in total. The summed E-state index contributed by atoms with van der Waals surface area (Å²) in [6.07, 6.45) is 7.72. The van der Waals surface area contributed by atoms with Crippen LogP contribution in [0.2, 0.25) is 0 Å². The molecule has 3 aromatic carbocycles. The third-order valence-electron chi connectivity index (χ3n) is 7.50. The van der Waals surface area contributed by atoms with Gasteiger partial charge >= 0.3 is 0 Å². The number of amides is 1. The minimum atomic E-state index is -0.0525. The lowest BCUT2D eigenvalue weighted by Gasteiger charge is -2.20. The third-order valence-corrected chi connectivity index (χ3v) is 7.50. The highest BCUT2D eigenvalue weighted by Gasteiger charge is 2.27. The summed E-state index contributed by atoms with van der Waals surface area (Å²) in [5.41, 5.74) is 7.32. The Hall–Kier alpha value is -3.66. The lowest BCUT2D eigenvalue weighted by atomic mass is 9.98. The molecule has 5 rings (SSSR count). The summed E-state index contributed by atoms with van der Waals surface area (Å²) in [5, 5.41) is 3.42. The summed E-state index contributed by atoms with van der Waals surface area (Å²) in [7, 11) is 0. The number of rotatable bonds is 8. The van der Waals surface area contributed by atoms with Gasteiger partial charge in [0.15, 0.2) is 0 Å². The highest BCUT2D eigenvalue weighted by atomic mass is 16.2. The lowest BCUT2D eigenvalue weighted by Crippen LogP contribution is -2.31. The molecule has 0 aliphatic heterocycles. The van der Waals surface area contributed by atoms with Crippen molar-refractivity contribution in [1.82, 2.24) is 14.9 Å². The fourth-order valence-electron chi connectivity index (χ4n) is 5.51. The molecule has 190 valence electrons. The predicted molar refractivity (Wildman–Crippen MR) is 152 cm³/mol. The first-order valence-corrected chi connectivity index (χ1v) is 13.8. The van der Waals surface area contributed by atoms with Gasteiger partial charge in [0, 0.05) is 17.7 Å². The topological polar surface area (TPSA) is 46.9 Å². The summed E-state index contributed by atoms with van der Waals surface area (Å²) in [5.74, 6) is 0.780. The smallest absolute Gasteiger partial charge is 0.270 e. The largest absolute Gasteiger partial charge is 0.344 e. The number of nitrogens with zero attached hydrogens (tertiary/aromatic N) is 2. The van der Waals surface area contributed by atoms with Gasteiger partial charge < -0.3 is 9.88 Å². The fourth-order valence-corrected chi connectivity index (χ4v) is 5.51. The molecule has 37 heavy (non-hydrogen) atoms. The first-order chi connectivity index (χ1) is 18.2. The van der Waals surface area contributed by atoms with Gasteiger partial charge in [-0.3, -0.25) is 4.79 Å². The first kappa shape index (κ1) is 25.0. The number of imidazole rings is 1. The Morgan fingerprint density at radius 3 is 2.43 bits per heavy atom. The van der Waals surface area contributed by atoms with E-state index in [0.717, 1.165) is 54.7 Å². The normalized spacial score (nSPS) is 15.1. The number of hydrogen-bond donors (Lipinski definition) is 1. The molecule has 0 spiro atoms. The molecular formula is C33H37N3O. The van der Waals surface area contributed by atoms with E-state index in [9.17, 15) is 4.79 Å². The number of aryl methyl sites for hydroxylation is 2. The van der Waals surface area contributed by atoms with E-state index in [0.29, 0.717) is 12.2 Å². The van der Waals surface area contributed by atoms with Crippen LogP contribution in [0.25, 0.3) is 22.6 Å². The summed E-state index contributed by atoms with van der Waals surface area (Å²) in [6.45, 7) is 4.97. The summed E-state index contributed by atoms with van der Waals surface area (Å²) in [4.78, 5) is 19.2. The highest BCUT2D eigenvalue weighted by Crippen LogP contribution is 2.33. The highest BCUT2D eigenvalue weighted by molar-refractivity contribution is 6.00. The molecule has 1 aliphatic rings. The molecule has 0 radical (unpaired) electrons. The van der Waals surface area contributed by atoms with Crippen molar-refractivity contribution in [3.63, 3.8) is 0 Å². The molecule has 0 bridgehead atoms. The van der Waals surface area contributed by atoms with Crippen molar-refractivity contribution in [2.24, 2.45) is 0 Å². The maximum Gasteiger partial charge on any atom is 0.270 e. The molecule has 1 aromatic heterocycles. The zero-order valence-electron chi connectivity index (χ0n) is 22.0. The van der Waals surface area contributed by atoms with Crippen LogP contribution in [-0.2, 0) is 19.4 Å². The molecule has 1 N–H and O–H groups in total. The Morgan fingerprint density at radius 1 is 0.919 bits per heavy atom. The van der Waals surface area contributed by atoms with E-state index in [-0.39, 0.29) is 11.9 Å². The molecule has 4 aromatic rings. The molecule has 1 atom stereocenters. The van der Waals surface area contributed by atoms with E-state index < -0.39 is 0 Å². The summed E-state index contributed by atoms with van der Waals surface area (Å²) in [6, 6.07) is 27.4. The molecule has 1 unspecified atom stereocenters. The van der Waals surface area contributed by atoms with Crippen LogP contribution >= 0.6 is 0 Å². The van der Waals surface area contributed by atoms with Gasteiger partial charge in [-0.25, -0.2) is 4.98 Å². The van der Waals surface area contributed by atoms with Crippen LogP contribution in [0.4, 0.5) is 0 Å². The second-order valence-electron chi connectivity index (χ2n) is 10.0. The van der Waals surface area contributed by atoms with Crippen LogP contribution in [0.1, 0.15) is 79.2 Å². The first-order valence-electron chi connectivity index (χ1n) is 13.8. The molecule has 1 amide bonds. The quantitative estimate of drug-likeness (QED) is 0.256. The number of hydrogen-bond acceptors (Lipinski definition) is 2. The zero-order valence-corrected chi connectivity index (χ0v) is 22.0. The zero-order chi connectivity index (χ0) is 25.6. The summed E-state index contributed by atoms with van der Waals surface area (Å²) < 4.78 is 2.08. The van der Waals surface area contributed by atoms with Gasteiger partial charge in [-0.2, -0.15) is 0 Å². The van der Waals surface area contributed by atoms with Crippen molar-refractivity contribution < 1.29 is 4.79 Å². The van der Waals surface area contributed by atoms with Gasteiger partial charge in [0.25, 0.3) is 5.91 Å². The van der Waals surface area contributed by atoms with Gasteiger partial charge in [0.2, 0.25) is 0 Å². The number of carbonyl (C=O) groups is 1. The Morgan fingerprint density at radius 2 is 1.68 bits per heavy atom. The SMILES string of the molecule is CCCCc1ccc(-c2nc(-c3ccccc3)n(CC)c2C(=O)NC2CCCCc3ccccc32)cc1. The van der Waals surface area contributed by atoms with Crippen molar-refractivity contribution >= 4 is 5.91 Å². The predicted octanol–water partition coefficient (Wildman–Crippen LogP) is 7.78. The Kier molecular flexibility index (Phi) is 7.84.